The number of methoxy groups -OCH3 is 1. The van der Waals surface area contributed by atoms with Gasteiger partial charge in [-0.1, -0.05) is 91.0 Å². The van der Waals surface area contributed by atoms with Gasteiger partial charge in [-0.3, -0.25) is 9.36 Å². The van der Waals surface area contributed by atoms with Crippen molar-refractivity contribution in [2.45, 2.75) is 63.4 Å². The van der Waals surface area contributed by atoms with Gasteiger partial charge in [0, 0.05) is 31.9 Å². The number of aryl methyl sites for hydroxylation is 1. The van der Waals surface area contributed by atoms with Crippen molar-refractivity contribution in [2.24, 2.45) is 0 Å². The van der Waals surface area contributed by atoms with Crippen LogP contribution >= 0.6 is 0 Å². The molecule has 0 saturated carbocycles. The number of aromatic nitrogens is 2. The second-order valence-electron chi connectivity index (χ2n) is 11.8. The van der Waals surface area contributed by atoms with Crippen molar-refractivity contribution < 1.29 is 28.4 Å². The normalized spacial score (nSPS) is 24.1. The van der Waals surface area contributed by atoms with Crippen LogP contribution in [0.1, 0.15) is 34.9 Å². The van der Waals surface area contributed by atoms with Gasteiger partial charge < -0.3 is 28.4 Å². The molecule has 0 unspecified atom stereocenters. The summed E-state index contributed by atoms with van der Waals surface area (Å²) in [6, 6.07) is 29.3. The highest BCUT2D eigenvalue weighted by molar-refractivity contribution is 5.20. The van der Waals surface area contributed by atoms with E-state index in [0.717, 1.165) is 21.3 Å². The molecule has 4 atom stereocenters. The van der Waals surface area contributed by atoms with Crippen molar-refractivity contribution in [1.29, 1.82) is 0 Å². The van der Waals surface area contributed by atoms with Gasteiger partial charge in [-0.2, -0.15) is 0 Å². The lowest BCUT2D eigenvalue weighted by Gasteiger charge is -2.48. The Morgan fingerprint density at radius 3 is 2.02 bits per heavy atom. The lowest BCUT2D eigenvalue weighted by molar-refractivity contribution is -0.256. The molecule has 0 radical (unpaired) electrons. The topological polar surface area (TPSA) is 99.4 Å². The Morgan fingerprint density at radius 2 is 1.41 bits per heavy atom. The summed E-state index contributed by atoms with van der Waals surface area (Å²) in [5.41, 5.74) is 0.110. The minimum atomic E-state index is -1.13. The summed E-state index contributed by atoms with van der Waals surface area (Å²) < 4.78 is 40.6. The number of rotatable bonds is 13. The highest BCUT2D eigenvalue weighted by atomic mass is 16.7. The van der Waals surface area contributed by atoms with E-state index < -0.39 is 34.8 Å². The third kappa shape index (κ3) is 6.37. The van der Waals surface area contributed by atoms with Crippen molar-refractivity contribution in [1.82, 2.24) is 9.13 Å². The molecular formula is C36H40N2O8. The molecule has 2 saturated heterocycles. The Morgan fingerprint density at radius 1 is 0.826 bits per heavy atom. The third-order valence-corrected chi connectivity index (χ3v) is 8.80. The molecule has 6 rings (SSSR count). The van der Waals surface area contributed by atoms with Crippen LogP contribution in [0.2, 0.25) is 0 Å². The third-order valence-electron chi connectivity index (χ3n) is 8.80. The van der Waals surface area contributed by atoms with Crippen LogP contribution in [0, 0.1) is 6.92 Å². The van der Waals surface area contributed by atoms with Gasteiger partial charge in [0.05, 0.1) is 33.0 Å². The number of fused-ring (bicyclic) bond motifs is 1. The lowest BCUT2D eigenvalue weighted by Crippen LogP contribution is -2.65. The summed E-state index contributed by atoms with van der Waals surface area (Å²) in [6.07, 6.45) is 0.275. The summed E-state index contributed by atoms with van der Waals surface area (Å²) >= 11 is 0. The van der Waals surface area contributed by atoms with E-state index in [9.17, 15) is 9.59 Å². The highest BCUT2D eigenvalue weighted by Crippen LogP contribution is 2.52. The predicted molar refractivity (Wildman–Crippen MR) is 170 cm³/mol. The zero-order valence-electron chi connectivity index (χ0n) is 26.2. The minimum absolute atomic E-state index is 0.126. The smallest absolute Gasteiger partial charge is 0.335 e. The molecule has 2 aliphatic heterocycles. The molecule has 2 aliphatic rings. The van der Waals surface area contributed by atoms with Gasteiger partial charge in [0.25, 0.3) is 5.56 Å². The zero-order valence-corrected chi connectivity index (χ0v) is 26.2. The Bertz CT molecular complexity index is 1690. The summed E-state index contributed by atoms with van der Waals surface area (Å²) in [7, 11) is 1.59. The molecule has 3 aromatic carbocycles. The Hall–Kier alpha value is -3.90. The van der Waals surface area contributed by atoms with E-state index in [2.05, 4.69) is 0 Å². The quantitative estimate of drug-likeness (QED) is 0.215. The fourth-order valence-corrected chi connectivity index (χ4v) is 6.44. The van der Waals surface area contributed by atoms with Gasteiger partial charge >= 0.3 is 5.69 Å². The van der Waals surface area contributed by atoms with Crippen molar-refractivity contribution in [3.8, 4) is 0 Å². The van der Waals surface area contributed by atoms with Gasteiger partial charge in [0.2, 0.25) is 0 Å². The molecule has 3 heterocycles. The monoisotopic (exact) mass is 628 g/mol. The maximum atomic E-state index is 14.0. The number of ether oxygens (including phenoxy) is 6. The van der Waals surface area contributed by atoms with Crippen LogP contribution in [-0.2, 0) is 55.0 Å². The second-order valence-corrected chi connectivity index (χ2v) is 11.8. The molecule has 0 spiro atoms. The molecule has 2 fully saturated rings. The lowest BCUT2D eigenvalue weighted by atomic mass is 9.77. The number of hydrogen-bond acceptors (Lipinski definition) is 8. The molecule has 242 valence electrons. The molecule has 0 aliphatic carbocycles. The second kappa shape index (κ2) is 14.3. The first kappa shape index (κ1) is 32.1. The van der Waals surface area contributed by atoms with E-state index in [-0.39, 0.29) is 33.2 Å². The first-order valence-corrected chi connectivity index (χ1v) is 15.5. The van der Waals surface area contributed by atoms with Crippen molar-refractivity contribution in [3.63, 3.8) is 0 Å². The van der Waals surface area contributed by atoms with E-state index in [4.69, 9.17) is 28.4 Å². The van der Waals surface area contributed by atoms with Crippen LogP contribution in [0.5, 0.6) is 0 Å². The molecule has 10 nitrogen and oxygen atoms in total. The SMILES string of the molecule is CO[C@@H]1[C@H](n2cc(C)c(=O)n(COCc3ccccc3)c2=O)O[C@@]2(COCc3ccccc3)COCC[C@]12OCc1ccccc1. The Balaban J connectivity index is 1.35. The zero-order chi connectivity index (χ0) is 32.0. The Labute approximate surface area is 268 Å². The summed E-state index contributed by atoms with van der Waals surface area (Å²) in [6.45, 7) is 3.04. The molecule has 1 aromatic heterocycles. The van der Waals surface area contributed by atoms with Gasteiger partial charge in [-0.25, -0.2) is 9.36 Å². The molecule has 4 aromatic rings. The van der Waals surface area contributed by atoms with Crippen LogP contribution < -0.4 is 11.2 Å². The van der Waals surface area contributed by atoms with Crippen molar-refractivity contribution >= 4 is 0 Å². The standard InChI is InChI=1S/C36H40N2O8/c1-27-20-37(34(40)38(32(27)39)26-44-22-29-14-8-4-9-15-29)33-31(41-2)36(45-23-30-16-10-5-11-17-30)18-19-42-24-35(36,46-33)25-43-21-28-12-6-3-7-13-28/h3-17,20,31,33H,18-19,21-26H2,1-2H3/t31-,33-,35-,36+/m1/s1. The molecule has 46 heavy (non-hydrogen) atoms. The molecule has 0 bridgehead atoms. The molecule has 0 N–H and O–H groups in total. The van der Waals surface area contributed by atoms with E-state index in [1.54, 1.807) is 14.0 Å². The molecular weight excluding hydrogens is 588 g/mol. The largest absolute Gasteiger partial charge is 0.378 e. The van der Waals surface area contributed by atoms with E-state index in [1.165, 1.54) is 10.8 Å². The maximum Gasteiger partial charge on any atom is 0.335 e. The van der Waals surface area contributed by atoms with Crippen molar-refractivity contribution in [3.05, 3.63) is 140 Å². The number of benzene rings is 3. The molecule has 0 amide bonds. The summed E-state index contributed by atoms with van der Waals surface area (Å²) in [4.78, 5) is 27.2. The average molecular weight is 629 g/mol. The fraction of sp³-hybridized carbons (Fsp3) is 0.389. The van der Waals surface area contributed by atoms with Crippen molar-refractivity contribution in [2.75, 3.05) is 26.9 Å². The van der Waals surface area contributed by atoms with Crippen LogP contribution in [-0.4, -0.2) is 53.4 Å². The van der Waals surface area contributed by atoms with Gasteiger partial charge in [0.1, 0.15) is 24.0 Å². The first-order valence-electron chi connectivity index (χ1n) is 15.5. The summed E-state index contributed by atoms with van der Waals surface area (Å²) in [5.74, 6) is 0. The van der Waals surface area contributed by atoms with Gasteiger partial charge in [0.15, 0.2) is 6.23 Å². The van der Waals surface area contributed by atoms with E-state index >= 15 is 0 Å². The fourth-order valence-electron chi connectivity index (χ4n) is 6.44. The van der Waals surface area contributed by atoms with Gasteiger partial charge in [-0.05, 0) is 23.6 Å². The highest BCUT2D eigenvalue weighted by Gasteiger charge is 2.69. The van der Waals surface area contributed by atoms with Crippen LogP contribution in [0.4, 0.5) is 0 Å². The van der Waals surface area contributed by atoms with Crippen LogP contribution in [0.3, 0.4) is 0 Å². The summed E-state index contributed by atoms with van der Waals surface area (Å²) in [5, 5.41) is 0. The predicted octanol–water partition coefficient (Wildman–Crippen LogP) is 4.37. The van der Waals surface area contributed by atoms with E-state index in [0.29, 0.717) is 25.2 Å². The van der Waals surface area contributed by atoms with Crippen LogP contribution in [0.25, 0.3) is 0 Å². The number of nitrogens with zero attached hydrogens (tertiary/aromatic N) is 2. The first-order chi connectivity index (χ1) is 22.5. The minimum Gasteiger partial charge on any atom is -0.378 e. The maximum absolute atomic E-state index is 14.0. The average Bonchev–Trinajstić information content (AvgIpc) is 3.38. The van der Waals surface area contributed by atoms with Gasteiger partial charge in [-0.15, -0.1) is 0 Å². The Kier molecular flexibility index (Phi) is 9.93. The van der Waals surface area contributed by atoms with Crippen LogP contribution in [0.15, 0.2) is 107 Å². The number of hydrogen-bond donors (Lipinski definition) is 0. The van der Waals surface area contributed by atoms with E-state index in [1.807, 2.05) is 91.0 Å². The molecule has 10 heteroatoms.